The maximum atomic E-state index is 13.5. The van der Waals surface area contributed by atoms with E-state index in [9.17, 15) is 13.6 Å². The van der Waals surface area contributed by atoms with Gasteiger partial charge in [-0.3, -0.25) is 0 Å². The van der Waals surface area contributed by atoms with Crippen LogP contribution in [-0.4, -0.2) is 49.8 Å². The van der Waals surface area contributed by atoms with Crippen molar-refractivity contribution in [3.05, 3.63) is 0 Å². The maximum absolute atomic E-state index is 13.5. The fourth-order valence-corrected chi connectivity index (χ4v) is 1.94. The molecule has 1 heterocycles. The molecule has 0 aromatic carbocycles. The average Bonchev–Trinajstić information content (AvgIpc) is 2.77. The Bertz CT molecular complexity index is 313. The lowest BCUT2D eigenvalue weighted by Crippen LogP contribution is -2.46. The Morgan fingerprint density at radius 2 is 2.05 bits per heavy atom. The highest BCUT2D eigenvalue weighted by molar-refractivity contribution is 5.67. The number of amides is 1. The summed E-state index contributed by atoms with van der Waals surface area (Å²) in [5.41, 5.74) is -0.689. The molecule has 1 saturated heterocycles. The molecule has 7 heteroatoms. The lowest BCUT2D eigenvalue weighted by atomic mass is 10.2. The summed E-state index contributed by atoms with van der Waals surface area (Å²) >= 11 is 0. The van der Waals surface area contributed by atoms with Crippen molar-refractivity contribution in [1.82, 2.24) is 16.0 Å². The summed E-state index contributed by atoms with van der Waals surface area (Å²) < 4.78 is 32.0. The minimum absolute atomic E-state index is 0.268. The normalized spacial score (nSPS) is 19.9. The molecule has 0 saturated carbocycles. The number of rotatable bonds is 6. The molecule has 1 aliphatic rings. The Morgan fingerprint density at radius 1 is 1.35 bits per heavy atom. The Kier molecular flexibility index (Phi) is 6.13. The second kappa shape index (κ2) is 7.17. The number of alkyl carbamates (subject to hydrolysis) is 1. The fraction of sp³-hybridized carbons (Fsp3) is 0.923. The number of halogens is 2. The van der Waals surface area contributed by atoms with Crippen LogP contribution in [0.25, 0.3) is 0 Å². The maximum Gasteiger partial charge on any atom is 0.407 e. The highest BCUT2D eigenvalue weighted by Crippen LogP contribution is 2.12. The van der Waals surface area contributed by atoms with E-state index < -0.39 is 30.7 Å². The first-order chi connectivity index (χ1) is 9.18. The van der Waals surface area contributed by atoms with E-state index in [0.717, 1.165) is 19.4 Å². The lowest BCUT2D eigenvalue weighted by molar-refractivity contribution is -0.00367. The van der Waals surface area contributed by atoms with Crippen LogP contribution in [0.4, 0.5) is 13.6 Å². The van der Waals surface area contributed by atoms with Gasteiger partial charge in [-0.2, -0.15) is 0 Å². The Labute approximate surface area is 118 Å². The Morgan fingerprint density at radius 3 is 2.60 bits per heavy atom. The number of carbonyl (C=O) groups is 1. The van der Waals surface area contributed by atoms with E-state index in [1.165, 1.54) is 0 Å². The number of hydrogen-bond acceptors (Lipinski definition) is 4. The zero-order valence-corrected chi connectivity index (χ0v) is 12.4. The summed E-state index contributed by atoms with van der Waals surface area (Å²) in [5.74, 6) is -2.99. The summed E-state index contributed by atoms with van der Waals surface area (Å²) in [6.07, 6.45) is 1.27. The fourth-order valence-electron chi connectivity index (χ4n) is 1.94. The second-order valence-corrected chi connectivity index (χ2v) is 6.14. The van der Waals surface area contributed by atoms with Gasteiger partial charge in [-0.25, -0.2) is 13.6 Å². The van der Waals surface area contributed by atoms with E-state index in [2.05, 4.69) is 16.0 Å². The highest BCUT2D eigenvalue weighted by atomic mass is 19.3. The largest absolute Gasteiger partial charge is 0.444 e. The van der Waals surface area contributed by atoms with Crippen LogP contribution in [0, 0.1) is 0 Å². The molecule has 5 nitrogen and oxygen atoms in total. The molecule has 1 unspecified atom stereocenters. The van der Waals surface area contributed by atoms with Crippen LogP contribution in [-0.2, 0) is 4.74 Å². The van der Waals surface area contributed by atoms with Gasteiger partial charge in [-0.15, -0.1) is 0 Å². The number of nitrogens with one attached hydrogen (secondary N) is 3. The Hall–Kier alpha value is -0.950. The number of carbonyl (C=O) groups excluding carboxylic acids is 1. The van der Waals surface area contributed by atoms with Gasteiger partial charge in [-0.1, -0.05) is 0 Å². The predicted molar refractivity (Wildman–Crippen MR) is 73.1 cm³/mol. The van der Waals surface area contributed by atoms with Crippen LogP contribution in [0.1, 0.15) is 33.6 Å². The van der Waals surface area contributed by atoms with Gasteiger partial charge < -0.3 is 20.7 Å². The van der Waals surface area contributed by atoms with Crippen molar-refractivity contribution in [2.45, 2.75) is 51.2 Å². The molecule has 3 N–H and O–H groups in total. The van der Waals surface area contributed by atoms with Crippen molar-refractivity contribution in [3.8, 4) is 0 Å². The van der Waals surface area contributed by atoms with Crippen LogP contribution in [0.3, 0.4) is 0 Å². The number of ether oxygens (including phenoxy) is 1. The van der Waals surface area contributed by atoms with Gasteiger partial charge in [0.25, 0.3) is 5.92 Å². The summed E-state index contributed by atoms with van der Waals surface area (Å²) in [4.78, 5) is 11.3. The molecule has 0 spiro atoms. The molecule has 1 amide bonds. The molecule has 1 aliphatic heterocycles. The summed E-state index contributed by atoms with van der Waals surface area (Å²) in [6.45, 7) is 5.32. The minimum atomic E-state index is -2.99. The minimum Gasteiger partial charge on any atom is -0.444 e. The van der Waals surface area contributed by atoms with Crippen molar-refractivity contribution < 1.29 is 18.3 Å². The SMILES string of the molecule is CC(C)(C)OC(=O)NCC(F)(F)CNCC1CCCN1. The molecule has 20 heavy (non-hydrogen) atoms. The van der Waals surface area contributed by atoms with Gasteiger partial charge in [0.1, 0.15) is 5.60 Å². The van der Waals surface area contributed by atoms with Crippen LogP contribution < -0.4 is 16.0 Å². The summed E-state index contributed by atoms with van der Waals surface area (Å²) in [7, 11) is 0. The monoisotopic (exact) mass is 293 g/mol. The van der Waals surface area contributed by atoms with Gasteiger partial charge in [-0.05, 0) is 40.2 Å². The molecule has 118 valence electrons. The van der Waals surface area contributed by atoms with Gasteiger partial charge in [0.15, 0.2) is 0 Å². The average molecular weight is 293 g/mol. The van der Waals surface area contributed by atoms with Crippen LogP contribution in [0.5, 0.6) is 0 Å². The predicted octanol–water partition coefficient (Wildman–Crippen LogP) is 1.49. The number of hydrogen-bond donors (Lipinski definition) is 3. The van der Waals surface area contributed by atoms with Crippen LogP contribution in [0.15, 0.2) is 0 Å². The summed E-state index contributed by atoms with van der Waals surface area (Å²) in [6, 6.07) is 0.268. The first kappa shape index (κ1) is 17.1. The quantitative estimate of drug-likeness (QED) is 0.694. The van der Waals surface area contributed by atoms with Crippen molar-refractivity contribution in [2.75, 3.05) is 26.2 Å². The van der Waals surface area contributed by atoms with Crippen LogP contribution in [0.2, 0.25) is 0 Å². The van der Waals surface area contributed by atoms with Crippen molar-refractivity contribution in [3.63, 3.8) is 0 Å². The van der Waals surface area contributed by atoms with Gasteiger partial charge in [0.2, 0.25) is 0 Å². The molecule has 0 bridgehead atoms. The third kappa shape index (κ3) is 7.59. The lowest BCUT2D eigenvalue weighted by Gasteiger charge is -2.22. The molecule has 1 rings (SSSR count). The smallest absolute Gasteiger partial charge is 0.407 e. The van der Waals surface area contributed by atoms with E-state index >= 15 is 0 Å². The van der Waals surface area contributed by atoms with E-state index in [1.807, 2.05) is 0 Å². The topological polar surface area (TPSA) is 62.4 Å². The molecule has 0 aromatic heterocycles. The molecular formula is C13H25F2N3O2. The molecular weight excluding hydrogens is 268 g/mol. The highest BCUT2D eigenvalue weighted by Gasteiger charge is 2.30. The summed E-state index contributed by atoms with van der Waals surface area (Å²) in [5, 5.41) is 8.05. The van der Waals surface area contributed by atoms with Crippen LogP contribution >= 0.6 is 0 Å². The molecule has 1 atom stereocenters. The Balaban J connectivity index is 2.17. The van der Waals surface area contributed by atoms with Gasteiger partial charge >= 0.3 is 6.09 Å². The molecule has 0 aromatic rings. The van der Waals surface area contributed by atoms with E-state index in [0.29, 0.717) is 6.54 Å². The van der Waals surface area contributed by atoms with Gasteiger partial charge in [0.05, 0.1) is 13.1 Å². The first-order valence-corrected chi connectivity index (χ1v) is 6.97. The molecule has 1 fully saturated rings. The number of alkyl halides is 2. The standard InChI is InChI=1S/C13H25F2N3O2/c1-12(2,3)20-11(19)18-9-13(14,15)8-16-7-10-5-4-6-17-10/h10,16-17H,4-9H2,1-3H3,(H,18,19). The van der Waals surface area contributed by atoms with Gasteiger partial charge in [0, 0.05) is 12.6 Å². The molecule has 0 radical (unpaired) electrons. The van der Waals surface area contributed by atoms with E-state index in [-0.39, 0.29) is 6.04 Å². The third-order valence-corrected chi connectivity index (χ3v) is 2.83. The third-order valence-electron chi connectivity index (χ3n) is 2.83. The zero-order chi connectivity index (χ0) is 15.2. The van der Waals surface area contributed by atoms with Crippen molar-refractivity contribution in [2.24, 2.45) is 0 Å². The van der Waals surface area contributed by atoms with E-state index in [1.54, 1.807) is 20.8 Å². The second-order valence-electron chi connectivity index (χ2n) is 6.14. The first-order valence-electron chi connectivity index (χ1n) is 6.97. The van der Waals surface area contributed by atoms with E-state index in [4.69, 9.17) is 4.74 Å². The van der Waals surface area contributed by atoms with Crippen molar-refractivity contribution in [1.29, 1.82) is 0 Å². The van der Waals surface area contributed by atoms with Crippen molar-refractivity contribution >= 4 is 6.09 Å². The molecule has 0 aliphatic carbocycles. The zero-order valence-electron chi connectivity index (χ0n) is 12.4.